The van der Waals surface area contributed by atoms with Crippen LogP contribution in [0.25, 0.3) is 0 Å². The van der Waals surface area contributed by atoms with E-state index in [9.17, 15) is 22.8 Å². The molecule has 2 aliphatic rings. The highest BCUT2D eigenvalue weighted by Gasteiger charge is 2.38. The van der Waals surface area contributed by atoms with Gasteiger partial charge in [-0.15, -0.1) is 11.3 Å². The molecule has 0 aliphatic carbocycles. The molecule has 4 rings (SSSR count). The molecule has 12 heteroatoms. The Morgan fingerprint density at radius 2 is 1.82 bits per heavy atom. The van der Waals surface area contributed by atoms with Crippen LogP contribution in [0.3, 0.4) is 0 Å². The minimum absolute atomic E-state index is 0.00132. The van der Waals surface area contributed by atoms with Crippen LogP contribution >= 0.6 is 11.3 Å². The quantitative estimate of drug-likeness (QED) is 0.657. The molecule has 1 unspecified atom stereocenters. The summed E-state index contributed by atoms with van der Waals surface area (Å²) in [6, 6.07) is 4.33. The lowest BCUT2D eigenvalue weighted by Crippen LogP contribution is -2.57. The van der Waals surface area contributed by atoms with Gasteiger partial charge in [-0.1, -0.05) is 6.07 Å². The molecular formula is C21H27N5O5S2. The van der Waals surface area contributed by atoms with Crippen LogP contribution in [0.15, 0.2) is 34.7 Å². The molecule has 0 saturated carbocycles. The van der Waals surface area contributed by atoms with Crippen molar-refractivity contribution in [2.24, 2.45) is 12.8 Å². The second-order valence-electron chi connectivity index (χ2n) is 8.25. The number of carbonyl (C=O) groups excluding carboxylic acids is 3. The molecule has 178 valence electrons. The van der Waals surface area contributed by atoms with Crippen molar-refractivity contribution in [1.29, 1.82) is 0 Å². The lowest BCUT2D eigenvalue weighted by Gasteiger charge is -2.40. The number of sulfonamides is 1. The predicted octanol–water partition coefficient (Wildman–Crippen LogP) is 0.713. The summed E-state index contributed by atoms with van der Waals surface area (Å²) in [5, 5.41) is 1.84. The number of hydrogen-bond acceptors (Lipinski definition) is 6. The summed E-state index contributed by atoms with van der Waals surface area (Å²) < 4.78 is 28.8. The van der Waals surface area contributed by atoms with Crippen molar-refractivity contribution in [3.63, 3.8) is 0 Å². The average Bonchev–Trinajstić information content (AvgIpc) is 3.48. The van der Waals surface area contributed by atoms with Crippen molar-refractivity contribution in [3.05, 3.63) is 40.3 Å². The zero-order valence-electron chi connectivity index (χ0n) is 18.3. The molecule has 2 aromatic rings. The molecule has 1 atom stereocenters. The van der Waals surface area contributed by atoms with E-state index >= 15 is 0 Å². The van der Waals surface area contributed by atoms with E-state index in [1.807, 2.05) is 11.4 Å². The van der Waals surface area contributed by atoms with Crippen molar-refractivity contribution in [2.75, 3.05) is 32.7 Å². The first kappa shape index (κ1) is 23.5. The Labute approximate surface area is 196 Å². The van der Waals surface area contributed by atoms with E-state index in [0.717, 1.165) is 12.8 Å². The number of carbonyl (C=O) groups is 3. The molecule has 0 spiro atoms. The van der Waals surface area contributed by atoms with Crippen LogP contribution < -0.4 is 5.73 Å². The number of rotatable bonds is 5. The Hall–Kier alpha value is -2.70. The fourth-order valence-electron chi connectivity index (χ4n) is 4.40. The van der Waals surface area contributed by atoms with Crippen LogP contribution in [0.4, 0.5) is 0 Å². The van der Waals surface area contributed by atoms with E-state index in [1.165, 1.54) is 32.5 Å². The van der Waals surface area contributed by atoms with Crippen LogP contribution in [-0.2, 0) is 21.9 Å². The van der Waals surface area contributed by atoms with Crippen LogP contribution in [0.2, 0.25) is 0 Å². The number of nitrogens with zero attached hydrogens (tertiary/aromatic N) is 4. The average molecular weight is 494 g/mol. The summed E-state index contributed by atoms with van der Waals surface area (Å²) in [5.41, 5.74) is 5.40. The van der Waals surface area contributed by atoms with Gasteiger partial charge in [0.05, 0.1) is 4.88 Å². The number of likely N-dealkylation sites (tertiary alicyclic amines) is 1. The first-order valence-electron chi connectivity index (χ1n) is 10.8. The second kappa shape index (κ2) is 9.27. The summed E-state index contributed by atoms with van der Waals surface area (Å²) in [6.07, 6.45) is 3.70. The first-order valence-corrected chi connectivity index (χ1v) is 13.1. The fraction of sp³-hybridized carbons (Fsp3) is 0.476. The van der Waals surface area contributed by atoms with Gasteiger partial charge in [0.2, 0.25) is 15.9 Å². The Morgan fingerprint density at radius 3 is 2.42 bits per heavy atom. The highest BCUT2D eigenvalue weighted by Crippen LogP contribution is 2.25. The van der Waals surface area contributed by atoms with Crippen molar-refractivity contribution in [2.45, 2.75) is 30.2 Å². The maximum Gasteiger partial charge on any atom is 0.265 e. The van der Waals surface area contributed by atoms with Gasteiger partial charge in [0.15, 0.2) is 0 Å². The molecule has 2 N–H and O–H groups in total. The highest BCUT2D eigenvalue weighted by molar-refractivity contribution is 7.89. The zero-order chi connectivity index (χ0) is 23.8. The first-order chi connectivity index (χ1) is 15.7. The number of hydrogen-bond donors (Lipinski definition) is 1. The Bertz CT molecular complexity index is 1150. The molecule has 2 aliphatic heterocycles. The third kappa shape index (κ3) is 4.55. The van der Waals surface area contributed by atoms with E-state index in [0.29, 0.717) is 17.8 Å². The monoisotopic (exact) mass is 493 g/mol. The van der Waals surface area contributed by atoms with Gasteiger partial charge in [0.25, 0.3) is 11.8 Å². The summed E-state index contributed by atoms with van der Waals surface area (Å²) in [7, 11) is -2.26. The minimum atomic E-state index is -3.82. The smallest absolute Gasteiger partial charge is 0.265 e. The van der Waals surface area contributed by atoms with Gasteiger partial charge in [-0.25, -0.2) is 8.42 Å². The number of primary amides is 1. The van der Waals surface area contributed by atoms with Gasteiger partial charge in [0, 0.05) is 46.0 Å². The van der Waals surface area contributed by atoms with Gasteiger partial charge in [0.1, 0.15) is 16.6 Å². The number of piperidine rings is 1. The SMILES string of the molecule is Cn1cc(S(=O)(=O)N2CCN(C(=O)C3CCCCN3C(=O)c3cccs3)CC2)cc1C(N)=O. The maximum atomic E-state index is 13.3. The minimum Gasteiger partial charge on any atom is -0.364 e. The van der Waals surface area contributed by atoms with Crippen LogP contribution in [0.5, 0.6) is 0 Å². The molecule has 4 heterocycles. The molecule has 2 fully saturated rings. The largest absolute Gasteiger partial charge is 0.364 e. The van der Waals surface area contributed by atoms with Crippen LogP contribution in [0.1, 0.15) is 39.4 Å². The van der Waals surface area contributed by atoms with Gasteiger partial charge in [-0.2, -0.15) is 4.31 Å². The van der Waals surface area contributed by atoms with Crippen molar-refractivity contribution < 1.29 is 22.8 Å². The lowest BCUT2D eigenvalue weighted by molar-refractivity contribution is -0.138. The lowest BCUT2D eigenvalue weighted by atomic mass is 10.00. The molecule has 33 heavy (non-hydrogen) atoms. The standard InChI is InChI=1S/C21H27N5O5S2/c1-23-14-15(13-17(23)19(22)27)33(30,31)25-10-8-24(9-11-25)20(28)16-5-2-3-7-26(16)21(29)18-6-4-12-32-18/h4,6,12-14,16H,2-3,5,7-11H2,1H3,(H2,22,27). The molecular weight excluding hydrogens is 466 g/mol. The summed E-state index contributed by atoms with van der Waals surface area (Å²) >= 11 is 1.36. The number of thiophene rings is 1. The van der Waals surface area contributed by atoms with Crippen molar-refractivity contribution in [3.8, 4) is 0 Å². The van der Waals surface area contributed by atoms with Gasteiger partial charge in [-0.3, -0.25) is 14.4 Å². The third-order valence-electron chi connectivity index (χ3n) is 6.20. The molecule has 2 saturated heterocycles. The van der Waals surface area contributed by atoms with Gasteiger partial charge < -0.3 is 20.1 Å². The highest BCUT2D eigenvalue weighted by atomic mass is 32.2. The molecule has 10 nitrogen and oxygen atoms in total. The Kier molecular flexibility index (Phi) is 6.59. The summed E-state index contributed by atoms with van der Waals surface area (Å²) in [4.78, 5) is 41.6. The van der Waals surface area contributed by atoms with Gasteiger partial charge in [-0.05, 0) is 36.8 Å². The van der Waals surface area contributed by atoms with Gasteiger partial charge >= 0.3 is 0 Å². The number of aryl methyl sites for hydroxylation is 1. The third-order valence-corrected chi connectivity index (χ3v) is 8.92. The van der Waals surface area contributed by atoms with Crippen LogP contribution in [-0.4, -0.2) is 83.6 Å². The predicted molar refractivity (Wildman–Crippen MR) is 122 cm³/mol. The Balaban J connectivity index is 1.43. The second-order valence-corrected chi connectivity index (χ2v) is 11.1. The number of piperazine rings is 1. The fourth-order valence-corrected chi connectivity index (χ4v) is 6.58. The molecule has 0 aromatic carbocycles. The van der Waals surface area contributed by atoms with E-state index < -0.39 is 22.0 Å². The maximum absolute atomic E-state index is 13.3. The number of nitrogens with two attached hydrogens (primary N) is 1. The molecule has 0 bridgehead atoms. The molecule has 2 aromatic heterocycles. The summed E-state index contributed by atoms with van der Waals surface area (Å²) in [5.74, 6) is -0.963. The molecule has 0 radical (unpaired) electrons. The van der Waals surface area contributed by atoms with Crippen molar-refractivity contribution in [1.82, 2.24) is 18.7 Å². The van der Waals surface area contributed by atoms with Crippen LogP contribution in [0, 0.1) is 0 Å². The summed E-state index contributed by atoms with van der Waals surface area (Å²) in [6.45, 7) is 1.30. The Morgan fingerprint density at radius 1 is 1.09 bits per heavy atom. The number of amides is 3. The normalized spacial score (nSPS) is 20.1. The van der Waals surface area contributed by atoms with E-state index in [-0.39, 0.29) is 48.6 Å². The number of aromatic nitrogens is 1. The molecule has 3 amide bonds. The zero-order valence-corrected chi connectivity index (χ0v) is 20.0. The van der Waals surface area contributed by atoms with Crippen molar-refractivity contribution >= 4 is 39.1 Å². The van der Waals surface area contributed by atoms with E-state index in [1.54, 1.807) is 22.9 Å². The van der Waals surface area contributed by atoms with E-state index in [2.05, 4.69) is 0 Å². The topological polar surface area (TPSA) is 126 Å². The van der Waals surface area contributed by atoms with E-state index in [4.69, 9.17) is 5.73 Å².